The van der Waals surface area contributed by atoms with E-state index in [2.05, 4.69) is 29.2 Å². The van der Waals surface area contributed by atoms with Gasteiger partial charge in [-0.15, -0.1) is 0 Å². The fraction of sp³-hybridized carbons (Fsp3) is 0.143. The molecular weight excluding hydrogens is 346 g/mol. The van der Waals surface area contributed by atoms with Gasteiger partial charge in [0.05, 0.1) is 4.90 Å². The Kier molecular flexibility index (Phi) is 5.40. The number of anilines is 1. The van der Waals surface area contributed by atoms with Crippen LogP contribution in [0.2, 0.25) is 0 Å². The van der Waals surface area contributed by atoms with Crippen LogP contribution in [0.5, 0.6) is 0 Å². The summed E-state index contributed by atoms with van der Waals surface area (Å²) in [7, 11) is -4.45. The predicted octanol–water partition coefficient (Wildman–Crippen LogP) is 4.11. The summed E-state index contributed by atoms with van der Waals surface area (Å²) in [5.74, 6) is 0. The lowest BCUT2D eigenvalue weighted by Crippen LogP contribution is -2.23. The third-order valence-electron chi connectivity index (χ3n) is 4.23. The Labute approximate surface area is 154 Å². The number of nitrogens with zero attached hydrogens (tertiary/aromatic N) is 1. The van der Waals surface area contributed by atoms with Crippen LogP contribution in [0.4, 0.5) is 5.69 Å². The van der Waals surface area contributed by atoms with Crippen LogP contribution in [0.15, 0.2) is 83.8 Å². The minimum Gasteiger partial charge on any atom is -0.744 e. The van der Waals surface area contributed by atoms with Gasteiger partial charge in [0, 0.05) is 18.8 Å². The highest BCUT2D eigenvalue weighted by Gasteiger charge is 2.13. The van der Waals surface area contributed by atoms with Crippen molar-refractivity contribution in [1.29, 1.82) is 0 Å². The highest BCUT2D eigenvalue weighted by atomic mass is 32.2. The Bertz CT molecular complexity index is 929. The van der Waals surface area contributed by atoms with E-state index in [0.29, 0.717) is 13.1 Å². The van der Waals surface area contributed by atoms with E-state index in [-0.39, 0.29) is 4.90 Å². The number of hydrogen-bond donors (Lipinski definition) is 0. The molecule has 0 aliphatic heterocycles. The van der Waals surface area contributed by atoms with Crippen LogP contribution in [0.1, 0.15) is 16.7 Å². The van der Waals surface area contributed by atoms with E-state index in [0.717, 1.165) is 22.4 Å². The van der Waals surface area contributed by atoms with E-state index in [1.54, 1.807) is 6.07 Å². The SMILES string of the molecule is Cc1cc(S(=O)(=O)[O-])ccc1N(Cc1ccccc1)Cc1ccccc1. The summed E-state index contributed by atoms with van der Waals surface area (Å²) < 4.78 is 33.8. The molecule has 0 aliphatic rings. The second kappa shape index (κ2) is 7.72. The van der Waals surface area contributed by atoms with Crippen molar-refractivity contribution in [1.82, 2.24) is 0 Å². The molecule has 0 aliphatic carbocycles. The van der Waals surface area contributed by atoms with Crippen LogP contribution < -0.4 is 4.90 Å². The zero-order chi connectivity index (χ0) is 18.6. The number of hydrogen-bond acceptors (Lipinski definition) is 4. The minimum absolute atomic E-state index is 0.196. The third-order valence-corrected chi connectivity index (χ3v) is 5.06. The maximum Gasteiger partial charge on any atom is 0.124 e. The maximum atomic E-state index is 11.3. The summed E-state index contributed by atoms with van der Waals surface area (Å²) in [5, 5.41) is 0. The molecule has 3 aromatic carbocycles. The quantitative estimate of drug-likeness (QED) is 0.616. The highest BCUT2D eigenvalue weighted by Crippen LogP contribution is 2.26. The van der Waals surface area contributed by atoms with Gasteiger partial charge in [-0.05, 0) is 41.8 Å². The van der Waals surface area contributed by atoms with Gasteiger partial charge < -0.3 is 9.45 Å². The lowest BCUT2D eigenvalue weighted by atomic mass is 10.1. The van der Waals surface area contributed by atoms with Gasteiger partial charge in [-0.1, -0.05) is 60.7 Å². The summed E-state index contributed by atoms with van der Waals surface area (Å²) in [5.41, 5.74) is 3.98. The normalized spacial score (nSPS) is 11.3. The molecule has 26 heavy (non-hydrogen) atoms. The third kappa shape index (κ3) is 4.50. The first-order valence-electron chi connectivity index (χ1n) is 8.33. The van der Waals surface area contributed by atoms with Crippen molar-refractivity contribution in [2.24, 2.45) is 0 Å². The molecule has 0 N–H and O–H groups in total. The highest BCUT2D eigenvalue weighted by molar-refractivity contribution is 7.85. The molecule has 0 radical (unpaired) electrons. The molecule has 0 spiro atoms. The zero-order valence-corrected chi connectivity index (χ0v) is 15.3. The van der Waals surface area contributed by atoms with Gasteiger partial charge in [0.1, 0.15) is 10.1 Å². The molecule has 0 atom stereocenters. The van der Waals surface area contributed by atoms with Gasteiger partial charge >= 0.3 is 0 Å². The fourth-order valence-corrected chi connectivity index (χ4v) is 3.53. The van der Waals surface area contributed by atoms with E-state index in [9.17, 15) is 13.0 Å². The van der Waals surface area contributed by atoms with E-state index in [1.165, 1.54) is 12.1 Å². The second-order valence-electron chi connectivity index (χ2n) is 6.23. The van der Waals surface area contributed by atoms with E-state index < -0.39 is 10.1 Å². The molecule has 3 aromatic rings. The van der Waals surface area contributed by atoms with Gasteiger partial charge in [0.15, 0.2) is 0 Å². The molecule has 0 aromatic heterocycles. The molecule has 0 saturated heterocycles. The number of rotatable bonds is 6. The molecule has 0 unspecified atom stereocenters. The van der Waals surface area contributed by atoms with Gasteiger partial charge in [0.25, 0.3) is 0 Å². The van der Waals surface area contributed by atoms with Crippen LogP contribution in [-0.4, -0.2) is 13.0 Å². The van der Waals surface area contributed by atoms with Crippen molar-refractivity contribution in [3.05, 3.63) is 95.6 Å². The molecule has 0 bridgehead atoms. The molecule has 0 saturated carbocycles. The van der Waals surface area contributed by atoms with Gasteiger partial charge in [-0.3, -0.25) is 0 Å². The van der Waals surface area contributed by atoms with Gasteiger partial charge in [-0.25, -0.2) is 8.42 Å². The van der Waals surface area contributed by atoms with Gasteiger partial charge in [-0.2, -0.15) is 0 Å². The summed E-state index contributed by atoms with van der Waals surface area (Å²) in [6, 6.07) is 24.7. The first-order valence-corrected chi connectivity index (χ1v) is 9.73. The molecule has 5 heteroatoms. The molecular formula is C21H20NO3S-. The average molecular weight is 366 g/mol. The van der Waals surface area contributed by atoms with Crippen LogP contribution in [0.3, 0.4) is 0 Å². The zero-order valence-electron chi connectivity index (χ0n) is 14.5. The van der Waals surface area contributed by atoms with Crippen LogP contribution >= 0.6 is 0 Å². The molecule has 3 rings (SSSR count). The van der Waals surface area contributed by atoms with Crippen molar-refractivity contribution < 1.29 is 13.0 Å². The number of benzene rings is 3. The molecule has 0 amide bonds. The van der Waals surface area contributed by atoms with Crippen molar-refractivity contribution >= 4 is 15.8 Å². The lowest BCUT2D eigenvalue weighted by Gasteiger charge is -2.27. The Morgan fingerprint density at radius 3 is 1.73 bits per heavy atom. The Morgan fingerprint density at radius 1 is 0.808 bits per heavy atom. The summed E-state index contributed by atoms with van der Waals surface area (Å²) in [6.45, 7) is 3.19. The van der Waals surface area contributed by atoms with Crippen molar-refractivity contribution in [2.75, 3.05) is 4.90 Å². The van der Waals surface area contributed by atoms with E-state index >= 15 is 0 Å². The Balaban J connectivity index is 1.97. The molecule has 4 nitrogen and oxygen atoms in total. The van der Waals surface area contributed by atoms with Crippen LogP contribution in [-0.2, 0) is 23.2 Å². The topological polar surface area (TPSA) is 60.4 Å². The maximum absolute atomic E-state index is 11.3. The second-order valence-corrected chi connectivity index (χ2v) is 7.61. The van der Waals surface area contributed by atoms with E-state index in [4.69, 9.17) is 0 Å². The summed E-state index contributed by atoms with van der Waals surface area (Å²) in [6.07, 6.45) is 0. The van der Waals surface area contributed by atoms with Crippen LogP contribution in [0, 0.1) is 6.92 Å². The summed E-state index contributed by atoms with van der Waals surface area (Å²) in [4.78, 5) is 1.99. The molecule has 0 fully saturated rings. The van der Waals surface area contributed by atoms with Crippen molar-refractivity contribution in [3.8, 4) is 0 Å². The van der Waals surface area contributed by atoms with Crippen molar-refractivity contribution in [3.63, 3.8) is 0 Å². The molecule has 134 valence electrons. The number of aryl methyl sites for hydroxylation is 1. The first-order chi connectivity index (χ1) is 12.4. The largest absolute Gasteiger partial charge is 0.744 e. The fourth-order valence-electron chi connectivity index (χ4n) is 2.97. The monoisotopic (exact) mass is 366 g/mol. The van der Waals surface area contributed by atoms with E-state index in [1.807, 2.05) is 43.3 Å². The average Bonchev–Trinajstić information content (AvgIpc) is 2.62. The van der Waals surface area contributed by atoms with Crippen molar-refractivity contribution in [2.45, 2.75) is 24.9 Å². The molecule has 0 heterocycles. The summed E-state index contributed by atoms with van der Waals surface area (Å²) >= 11 is 0. The lowest BCUT2D eigenvalue weighted by molar-refractivity contribution is 0.463. The van der Waals surface area contributed by atoms with Crippen LogP contribution in [0.25, 0.3) is 0 Å². The Hall–Kier alpha value is -2.63. The first kappa shape index (κ1) is 18.2. The smallest absolute Gasteiger partial charge is 0.124 e. The Morgan fingerprint density at radius 2 is 1.31 bits per heavy atom. The van der Waals surface area contributed by atoms with Gasteiger partial charge in [0.2, 0.25) is 0 Å². The minimum atomic E-state index is -4.45. The standard InChI is InChI=1S/C21H21NO3S/c1-17-14-20(26(23,24)25)12-13-21(17)22(15-18-8-4-2-5-9-18)16-19-10-6-3-7-11-19/h2-14H,15-16H2,1H3,(H,23,24,25)/p-1. The predicted molar refractivity (Wildman–Crippen MR) is 102 cm³/mol.